The van der Waals surface area contributed by atoms with E-state index in [-0.39, 0.29) is 18.4 Å². The highest BCUT2D eigenvalue weighted by molar-refractivity contribution is 7.14. The van der Waals surface area contributed by atoms with E-state index < -0.39 is 0 Å². The Morgan fingerprint density at radius 2 is 1.88 bits per heavy atom. The number of carbonyl (C=O) groups is 2. The van der Waals surface area contributed by atoms with Gasteiger partial charge in [-0.25, -0.2) is 4.98 Å². The summed E-state index contributed by atoms with van der Waals surface area (Å²) in [6.07, 6.45) is 0.837. The van der Waals surface area contributed by atoms with Crippen LogP contribution in [-0.4, -0.2) is 51.3 Å². The Labute approximate surface area is 201 Å². The zero-order chi connectivity index (χ0) is 24.2. The van der Waals surface area contributed by atoms with Crippen LogP contribution >= 0.6 is 11.3 Å². The molecule has 1 aromatic heterocycles. The highest BCUT2D eigenvalue weighted by atomic mass is 32.1. The number of nitrogens with zero attached hydrogens (tertiary/aromatic N) is 2. The summed E-state index contributed by atoms with van der Waals surface area (Å²) in [6.45, 7) is 2.68. The first kappa shape index (κ1) is 23.4. The van der Waals surface area contributed by atoms with Crippen molar-refractivity contribution >= 4 is 34.0 Å². The van der Waals surface area contributed by atoms with Crippen molar-refractivity contribution in [1.82, 2.24) is 4.98 Å². The Bertz CT molecular complexity index is 1200. The number of rotatable bonds is 8. The average Bonchev–Trinajstić information content (AvgIpc) is 3.32. The largest absolute Gasteiger partial charge is 0.493 e. The fourth-order valence-corrected chi connectivity index (χ4v) is 4.39. The molecule has 34 heavy (non-hydrogen) atoms. The van der Waals surface area contributed by atoms with E-state index in [0.29, 0.717) is 45.9 Å². The van der Waals surface area contributed by atoms with E-state index in [1.807, 2.05) is 30.5 Å². The minimum atomic E-state index is -0.362. The predicted octanol–water partition coefficient (Wildman–Crippen LogP) is 4.22. The number of hydrogen-bond donors (Lipinski definition) is 1. The topological polar surface area (TPSA) is 99.2 Å². The lowest BCUT2D eigenvalue weighted by Crippen LogP contribution is -2.39. The number of ether oxygens (including phenoxy) is 4. The van der Waals surface area contributed by atoms with Crippen LogP contribution in [-0.2, 0) is 4.79 Å². The maximum Gasteiger partial charge on any atom is 0.265 e. The summed E-state index contributed by atoms with van der Waals surface area (Å²) in [5.74, 6) is 1.42. The van der Waals surface area contributed by atoms with Crippen LogP contribution < -0.4 is 29.2 Å². The van der Waals surface area contributed by atoms with E-state index in [2.05, 4.69) is 10.3 Å². The summed E-state index contributed by atoms with van der Waals surface area (Å²) in [5.41, 5.74) is 2.57. The first-order chi connectivity index (χ1) is 16.5. The van der Waals surface area contributed by atoms with Crippen molar-refractivity contribution in [3.63, 3.8) is 0 Å². The molecule has 2 amide bonds. The second kappa shape index (κ2) is 10.0. The lowest BCUT2D eigenvalue weighted by atomic mass is 10.1. The Hall–Kier alpha value is -3.79. The van der Waals surface area contributed by atoms with Gasteiger partial charge in [-0.05, 0) is 36.8 Å². The number of carbonyl (C=O) groups excluding carboxylic acids is 2. The van der Waals surface area contributed by atoms with E-state index in [4.69, 9.17) is 18.9 Å². The lowest BCUT2D eigenvalue weighted by Gasteiger charge is -2.29. The number of aromatic nitrogens is 1. The zero-order valence-electron chi connectivity index (χ0n) is 19.3. The number of anilines is 2. The van der Waals surface area contributed by atoms with Crippen molar-refractivity contribution in [2.45, 2.75) is 13.3 Å². The Kier molecular flexibility index (Phi) is 6.87. The van der Waals surface area contributed by atoms with Crippen molar-refractivity contribution in [2.24, 2.45) is 0 Å². The standard InChI is InChI=1S/C24H25N3O6S/c1-5-8-27-17-9-14(6-7-18(17)33-12-21(27)28)16-13-34-24(25-16)26-23(29)15-10-19(30-2)22(32-4)20(11-15)31-3/h6-7,9-11,13H,5,8,12H2,1-4H3,(H,25,26,29). The normalized spacial score (nSPS) is 12.6. The molecule has 0 radical (unpaired) electrons. The first-order valence-electron chi connectivity index (χ1n) is 10.6. The van der Waals surface area contributed by atoms with Crippen LogP contribution in [0.25, 0.3) is 11.3 Å². The van der Waals surface area contributed by atoms with Crippen LogP contribution in [0, 0.1) is 0 Å². The smallest absolute Gasteiger partial charge is 0.265 e. The molecule has 9 nitrogen and oxygen atoms in total. The molecule has 0 bridgehead atoms. The number of amides is 2. The third kappa shape index (κ3) is 4.49. The van der Waals surface area contributed by atoms with Gasteiger partial charge in [0.25, 0.3) is 11.8 Å². The minimum absolute atomic E-state index is 0.0418. The molecule has 10 heteroatoms. The fourth-order valence-electron chi connectivity index (χ4n) is 3.68. The molecule has 0 saturated heterocycles. The molecule has 2 heterocycles. The van der Waals surface area contributed by atoms with Crippen molar-refractivity contribution in [1.29, 1.82) is 0 Å². The van der Waals surface area contributed by atoms with Crippen molar-refractivity contribution in [3.05, 3.63) is 41.3 Å². The molecular formula is C24H25N3O6S. The van der Waals surface area contributed by atoms with Crippen LogP contribution in [0.15, 0.2) is 35.7 Å². The van der Waals surface area contributed by atoms with Gasteiger partial charge >= 0.3 is 0 Å². The maximum atomic E-state index is 12.9. The van der Waals surface area contributed by atoms with Crippen LogP contribution in [0.4, 0.5) is 10.8 Å². The highest BCUT2D eigenvalue weighted by Gasteiger charge is 2.25. The van der Waals surface area contributed by atoms with Crippen LogP contribution in [0.5, 0.6) is 23.0 Å². The molecule has 0 saturated carbocycles. The molecule has 1 aliphatic rings. The number of nitrogens with one attached hydrogen (secondary N) is 1. The van der Waals surface area contributed by atoms with Crippen molar-refractivity contribution in [3.8, 4) is 34.3 Å². The van der Waals surface area contributed by atoms with E-state index >= 15 is 0 Å². The predicted molar refractivity (Wildman–Crippen MR) is 130 cm³/mol. The van der Waals surface area contributed by atoms with Gasteiger partial charge in [-0.3, -0.25) is 14.9 Å². The molecule has 178 valence electrons. The lowest BCUT2D eigenvalue weighted by molar-refractivity contribution is -0.121. The van der Waals surface area contributed by atoms with E-state index in [0.717, 1.165) is 17.7 Å². The van der Waals surface area contributed by atoms with Crippen LogP contribution in [0.2, 0.25) is 0 Å². The molecule has 3 aromatic rings. The molecule has 0 unspecified atom stereocenters. The third-order valence-corrected chi connectivity index (χ3v) is 6.05. The summed E-state index contributed by atoms with van der Waals surface area (Å²) in [7, 11) is 4.48. The molecule has 0 aliphatic carbocycles. The molecule has 0 atom stereocenters. The Morgan fingerprint density at radius 3 is 2.53 bits per heavy atom. The Morgan fingerprint density at radius 1 is 1.15 bits per heavy atom. The minimum Gasteiger partial charge on any atom is -0.493 e. The number of benzene rings is 2. The van der Waals surface area contributed by atoms with Crippen LogP contribution in [0.1, 0.15) is 23.7 Å². The number of thiazole rings is 1. The quantitative estimate of drug-likeness (QED) is 0.512. The molecule has 2 aromatic carbocycles. The average molecular weight is 484 g/mol. The maximum absolute atomic E-state index is 12.9. The first-order valence-corrected chi connectivity index (χ1v) is 11.5. The molecule has 4 rings (SSSR count). The molecule has 1 aliphatic heterocycles. The van der Waals surface area contributed by atoms with Crippen molar-refractivity contribution in [2.75, 3.05) is 44.7 Å². The Balaban J connectivity index is 1.57. The highest BCUT2D eigenvalue weighted by Crippen LogP contribution is 2.39. The van der Waals surface area contributed by atoms with Gasteiger partial charge in [-0.2, -0.15) is 0 Å². The monoisotopic (exact) mass is 483 g/mol. The fraction of sp³-hybridized carbons (Fsp3) is 0.292. The number of hydrogen-bond acceptors (Lipinski definition) is 8. The number of fused-ring (bicyclic) bond motifs is 1. The third-order valence-electron chi connectivity index (χ3n) is 5.30. The van der Waals surface area contributed by atoms with E-state index in [9.17, 15) is 9.59 Å². The van der Waals surface area contributed by atoms with Gasteiger partial charge in [0.15, 0.2) is 23.2 Å². The summed E-state index contributed by atoms with van der Waals surface area (Å²) in [4.78, 5) is 31.5. The zero-order valence-corrected chi connectivity index (χ0v) is 20.2. The van der Waals surface area contributed by atoms with Gasteiger partial charge in [0.05, 0.1) is 32.7 Å². The number of methoxy groups -OCH3 is 3. The van der Waals surface area contributed by atoms with Gasteiger partial charge in [0, 0.05) is 23.1 Å². The summed E-state index contributed by atoms with van der Waals surface area (Å²) in [5, 5.41) is 5.10. The van der Waals surface area contributed by atoms with Crippen molar-refractivity contribution < 1.29 is 28.5 Å². The summed E-state index contributed by atoms with van der Waals surface area (Å²) >= 11 is 1.30. The molecular weight excluding hydrogens is 458 g/mol. The SMILES string of the molecule is CCCN1C(=O)COc2ccc(-c3csc(NC(=O)c4cc(OC)c(OC)c(OC)c4)n3)cc21. The molecule has 1 N–H and O–H groups in total. The second-order valence-corrected chi connectivity index (χ2v) is 8.28. The van der Waals surface area contributed by atoms with E-state index in [1.165, 1.54) is 32.7 Å². The van der Waals surface area contributed by atoms with E-state index in [1.54, 1.807) is 17.0 Å². The summed E-state index contributed by atoms with van der Waals surface area (Å²) in [6, 6.07) is 8.77. The van der Waals surface area contributed by atoms with Gasteiger partial charge in [-0.15, -0.1) is 11.3 Å². The van der Waals surface area contributed by atoms with Gasteiger partial charge < -0.3 is 23.8 Å². The van der Waals surface area contributed by atoms with Gasteiger partial charge in [0.2, 0.25) is 5.75 Å². The van der Waals surface area contributed by atoms with Gasteiger partial charge in [0.1, 0.15) is 5.75 Å². The molecule has 0 fully saturated rings. The second-order valence-electron chi connectivity index (χ2n) is 7.42. The summed E-state index contributed by atoms with van der Waals surface area (Å²) < 4.78 is 21.5. The molecule has 0 spiro atoms. The van der Waals surface area contributed by atoms with Gasteiger partial charge in [-0.1, -0.05) is 6.92 Å². The van der Waals surface area contributed by atoms with Crippen LogP contribution in [0.3, 0.4) is 0 Å².